The molecule has 2 aromatic heterocycles. The minimum Gasteiger partial charge on any atom is -0.497 e. The van der Waals surface area contributed by atoms with Crippen molar-refractivity contribution in [1.29, 1.82) is 0 Å². The number of benzene rings is 2. The molecule has 5 nitrogen and oxygen atoms in total. The lowest BCUT2D eigenvalue weighted by Crippen LogP contribution is -2.10. The standard InChI is InChI=1S/C23H20N2O3S2/c1-13-7-8-16(9-14(13)2)19(26)12-30-23-24-21(27)20-18(11-29-22(20)25-23)15-5-4-6-17(10-15)28-3/h4-11H,12H2,1-3H3,(H,24,25,27). The number of Topliss-reactive ketones (excluding diaryl/α,β-unsaturated/α-hetero) is 1. The largest absolute Gasteiger partial charge is 0.497 e. The lowest BCUT2D eigenvalue weighted by atomic mass is 10.0. The number of hydrogen-bond donors (Lipinski definition) is 1. The Labute approximate surface area is 182 Å². The number of aromatic amines is 1. The van der Waals surface area contributed by atoms with Crippen molar-refractivity contribution in [3.63, 3.8) is 0 Å². The predicted octanol–water partition coefficient (Wildman–Crippen LogP) is 5.25. The van der Waals surface area contributed by atoms with Gasteiger partial charge in [-0.2, -0.15) is 0 Å². The minimum atomic E-state index is -0.208. The van der Waals surface area contributed by atoms with Crippen LogP contribution in [-0.2, 0) is 0 Å². The molecule has 0 bridgehead atoms. The van der Waals surface area contributed by atoms with E-state index in [0.717, 1.165) is 28.0 Å². The van der Waals surface area contributed by atoms with Gasteiger partial charge in [-0.1, -0.05) is 36.0 Å². The molecule has 0 saturated heterocycles. The first-order valence-electron chi connectivity index (χ1n) is 9.35. The van der Waals surface area contributed by atoms with Crippen LogP contribution in [0.4, 0.5) is 0 Å². The maximum absolute atomic E-state index is 12.8. The van der Waals surface area contributed by atoms with Crippen LogP contribution in [0.2, 0.25) is 0 Å². The molecule has 1 N–H and O–H groups in total. The van der Waals surface area contributed by atoms with Gasteiger partial charge in [-0.3, -0.25) is 9.59 Å². The Bertz CT molecular complexity index is 1310. The van der Waals surface area contributed by atoms with Gasteiger partial charge >= 0.3 is 0 Å². The maximum Gasteiger partial charge on any atom is 0.260 e. The van der Waals surface area contributed by atoms with Gasteiger partial charge in [0.15, 0.2) is 10.9 Å². The monoisotopic (exact) mass is 436 g/mol. The first-order valence-corrected chi connectivity index (χ1v) is 11.2. The number of carbonyl (C=O) groups is 1. The summed E-state index contributed by atoms with van der Waals surface area (Å²) >= 11 is 2.66. The number of aromatic nitrogens is 2. The van der Waals surface area contributed by atoms with Gasteiger partial charge in [-0.25, -0.2) is 4.98 Å². The highest BCUT2D eigenvalue weighted by Crippen LogP contribution is 2.33. The van der Waals surface area contributed by atoms with Gasteiger partial charge < -0.3 is 9.72 Å². The van der Waals surface area contributed by atoms with Crippen LogP contribution < -0.4 is 10.3 Å². The third kappa shape index (κ3) is 4.04. The number of aryl methyl sites for hydroxylation is 2. The summed E-state index contributed by atoms with van der Waals surface area (Å²) in [4.78, 5) is 33.4. The second-order valence-corrected chi connectivity index (χ2v) is 8.77. The summed E-state index contributed by atoms with van der Waals surface area (Å²) in [5, 5.41) is 2.93. The second kappa shape index (κ2) is 8.45. The van der Waals surface area contributed by atoms with Gasteiger partial charge in [0.25, 0.3) is 5.56 Å². The van der Waals surface area contributed by atoms with Gasteiger partial charge in [-0.15, -0.1) is 11.3 Å². The molecule has 0 amide bonds. The third-order valence-electron chi connectivity index (χ3n) is 4.97. The van der Waals surface area contributed by atoms with E-state index >= 15 is 0 Å². The number of hydrogen-bond acceptors (Lipinski definition) is 6. The van der Waals surface area contributed by atoms with Gasteiger partial charge in [0.1, 0.15) is 10.6 Å². The fourth-order valence-corrected chi connectivity index (χ4v) is 4.89. The molecule has 4 rings (SSSR count). The molecular formula is C23H20N2O3S2. The van der Waals surface area contributed by atoms with Crippen molar-refractivity contribution in [2.75, 3.05) is 12.9 Å². The van der Waals surface area contributed by atoms with E-state index in [4.69, 9.17) is 4.74 Å². The number of carbonyl (C=O) groups excluding carboxylic acids is 1. The summed E-state index contributed by atoms with van der Waals surface area (Å²) in [6.07, 6.45) is 0. The summed E-state index contributed by atoms with van der Waals surface area (Å²) in [5.41, 5.74) is 4.43. The third-order valence-corrected chi connectivity index (χ3v) is 6.72. The number of nitrogens with zero attached hydrogens (tertiary/aromatic N) is 1. The van der Waals surface area contributed by atoms with E-state index in [2.05, 4.69) is 9.97 Å². The summed E-state index contributed by atoms with van der Waals surface area (Å²) in [6.45, 7) is 4.01. The second-order valence-electron chi connectivity index (χ2n) is 6.94. The highest BCUT2D eigenvalue weighted by Gasteiger charge is 2.15. The molecule has 152 valence electrons. The van der Waals surface area contributed by atoms with E-state index in [0.29, 0.717) is 20.9 Å². The average Bonchev–Trinajstić information content (AvgIpc) is 3.18. The van der Waals surface area contributed by atoms with Crippen molar-refractivity contribution in [3.8, 4) is 16.9 Å². The van der Waals surface area contributed by atoms with Crippen molar-refractivity contribution in [1.82, 2.24) is 9.97 Å². The Balaban J connectivity index is 1.59. The van der Waals surface area contributed by atoms with Crippen molar-refractivity contribution >= 4 is 39.1 Å². The van der Waals surface area contributed by atoms with Crippen molar-refractivity contribution in [3.05, 3.63) is 74.9 Å². The molecule has 2 heterocycles. The van der Waals surface area contributed by atoms with E-state index < -0.39 is 0 Å². The molecule has 0 unspecified atom stereocenters. The van der Waals surface area contributed by atoms with E-state index in [-0.39, 0.29) is 17.1 Å². The number of fused-ring (bicyclic) bond motifs is 1. The lowest BCUT2D eigenvalue weighted by molar-refractivity contribution is 0.102. The smallest absolute Gasteiger partial charge is 0.260 e. The molecule has 7 heteroatoms. The van der Waals surface area contributed by atoms with E-state index in [9.17, 15) is 9.59 Å². The summed E-state index contributed by atoms with van der Waals surface area (Å²) in [6, 6.07) is 13.3. The molecule has 4 aromatic rings. The van der Waals surface area contributed by atoms with Gasteiger partial charge in [0.2, 0.25) is 0 Å². The molecule has 0 radical (unpaired) electrons. The molecule has 0 aliphatic carbocycles. The topological polar surface area (TPSA) is 72.0 Å². The molecular weight excluding hydrogens is 416 g/mol. The molecule has 2 aromatic carbocycles. The Morgan fingerprint density at radius 1 is 1.17 bits per heavy atom. The van der Waals surface area contributed by atoms with Crippen LogP contribution in [0.15, 0.2) is 57.8 Å². The Morgan fingerprint density at radius 3 is 2.77 bits per heavy atom. The SMILES string of the molecule is COc1cccc(-c2csc3nc(SCC(=O)c4ccc(C)c(C)c4)[nH]c(=O)c23)c1. The fourth-order valence-electron chi connectivity index (χ4n) is 3.13. The van der Waals surface area contributed by atoms with Crippen molar-refractivity contribution in [2.24, 2.45) is 0 Å². The fraction of sp³-hybridized carbons (Fsp3) is 0.174. The minimum absolute atomic E-state index is 0.00842. The predicted molar refractivity (Wildman–Crippen MR) is 123 cm³/mol. The quantitative estimate of drug-likeness (QED) is 0.254. The van der Waals surface area contributed by atoms with E-state index in [1.807, 2.05) is 61.7 Å². The highest BCUT2D eigenvalue weighted by molar-refractivity contribution is 7.99. The normalized spacial score (nSPS) is 11.0. The molecule has 0 fully saturated rings. The summed E-state index contributed by atoms with van der Waals surface area (Å²) in [7, 11) is 1.61. The van der Waals surface area contributed by atoms with Crippen LogP contribution >= 0.6 is 23.1 Å². The lowest BCUT2D eigenvalue weighted by Gasteiger charge is -2.05. The van der Waals surface area contributed by atoms with Gasteiger partial charge in [0, 0.05) is 16.5 Å². The molecule has 0 atom stereocenters. The number of thioether (sulfide) groups is 1. The van der Waals surface area contributed by atoms with Crippen LogP contribution in [0, 0.1) is 13.8 Å². The van der Waals surface area contributed by atoms with Gasteiger partial charge in [0.05, 0.1) is 18.2 Å². The highest BCUT2D eigenvalue weighted by atomic mass is 32.2. The number of methoxy groups -OCH3 is 1. The van der Waals surface area contributed by atoms with Crippen LogP contribution in [0.5, 0.6) is 5.75 Å². The zero-order valence-electron chi connectivity index (χ0n) is 16.8. The van der Waals surface area contributed by atoms with Gasteiger partial charge in [-0.05, 0) is 48.7 Å². The number of ketones is 1. The average molecular weight is 437 g/mol. The summed E-state index contributed by atoms with van der Waals surface area (Å²) in [5.74, 6) is 0.952. The first kappa shape index (κ1) is 20.4. The number of rotatable bonds is 6. The number of ether oxygens (including phenoxy) is 1. The van der Waals surface area contributed by atoms with E-state index in [1.54, 1.807) is 7.11 Å². The zero-order valence-corrected chi connectivity index (χ0v) is 18.4. The van der Waals surface area contributed by atoms with Crippen LogP contribution in [0.25, 0.3) is 21.3 Å². The maximum atomic E-state index is 12.8. The van der Waals surface area contributed by atoms with Crippen LogP contribution in [0.3, 0.4) is 0 Å². The summed E-state index contributed by atoms with van der Waals surface area (Å²) < 4.78 is 5.29. The van der Waals surface area contributed by atoms with Crippen molar-refractivity contribution in [2.45, 2.75) is 19.0 Å². The van der Waals surface area contributed by atoms with E-state index in [1.165, 1.54) is 23.1 Å². The van der Waals surface area contributed by atoms with Crippen LogP contribution in [-0.4, -0.2) is 28.6 Å². The number of nitrogens with one attached hydrogen (secondary N) is 1. The Hall–Kier alpha value is -2.90. The Morgan fingerprint density at radius 2 is 2.00 bits per heavy atom. The molecule has 0 spiro atoms. The molecule has 30 heavy (non-hydrogen) atoms. The molecule has 0 aliphatic rings. The molecule has 0 aliphatic heterocycles. The van der Waals surface area contributed by atoms with Crippen LogP contribution in [0.1, 0.15) is 21.5 Å². The number of H-pyrrole nitrogens is 1. The molecule has 0 saturated carbocycles. The Kier molecular flexibility index (Phi) is 5.74. The van der Waals surface area contributed by atoms with Crippen molar-refractivity contribution < 1.29 is 9.53 Å². The zero-order chi connectivity index (χ0) is 21.3. The number of thiophene rings is 1. The first-order chi connectivity index (χ1) is 14.5.